The summed E-state index contributed by atoms with van der Waals surface area (Å²) in [7, 11) is 0. The Kier molecular flexibility index (Phi) is 1.64. The zero-order valence-electron chi connectivity index (χ0n) is 3.63. The second-order valence-corrected chi connectivity index (χ2v) is 2.38. The molecule has 6 heteroatoms. The summed E-state index contributed by atoms with van der Waals surface area (Å²) >= 11 is 1.87. The average Bonchev–Trinajstić information content (AvgIpc) is 1.77. The van der Waals surface area contributed by atoms with E-state index in [0.717, 1.165) is 22.1 Å². The third-order valence-corrected chi connectivity index (χ3v) is 1.57. The van der Waals surface area contributed by atoms with Crippen LogP contribution in [0.1, 0.15) is 0 Å². The fourth-order valence-corrected chi connectivity index (χ4v) is 1.09. The highest BCUT2D eigenvalue weighted by Crippen LogP contribution is 2.28. The number of hydrogen-bond acceptors (Lipinski definition) is 6. The second kappa shape index (κ2) is 2.27. The van der Waals surface area contributed by atoms with Crippen LogP contribution in [0.4, 0.5) is 0 Å². The predicted molar refractivity (Wildman–Crippen MR) is 32.8 cm³/mol. The summed E-state index contributed by atoms with van der Waals surface area (Å²) in [5.41, 5.74) is 0. The molecule has 0 aliphatic carbocycles. The van der Waals surface area contributed by atoms with Gasteiger partial charge >= 0.3 is 0 Å². The average molecular weight is 150 g/mol. The molecular weight excluding hydrogens is 148 g/mol. The summed E-state index contributed by atoms with van der Waals surface area (Å²) in [6.45, 7) is 0. The van der Waals surface area contributed by atoms with Crippen LogP contribution < -0.4 is 0 Å². The van der Waals surface area contributed by atoms with Crippen molar-refractivity contribution >= 4 is 33.9 Å². The molecule has 2 N–H and O–H groups in total. The monoisotopic (exact) mass is 150 g/mol. The molecular formula is C2H2N2O2S2. The van der Waals surface area contributed by atoms with E-state index in [4.69, 9.17) is 10.8 Å². The Morgan fingerprint density at radius 1 is 1.00 bits per heavy atom. The molecule has 1 aliphatic rings. The lowest BCUT2D eigenvalue weighted by Crippen LogP contribution is -2.15. The summed E-state index contributed by atoms with van der Waals surface area (Å²) in [5.74, 6) is -0.456. The number of nitrogens with one attached hydrogen (secondary N) is 2. The first-order valence-corrected chi connectivity index (χ1v) is 3.66. The van der Waals surface area contributed by atoms with Gasteiger partial charge in [0, 0.05) is 0 Å². The number of rotatable bonds is 0. The van der Waals surface area contributed by atoms with Crippen LogP contribution >= 0.6 is 22.1 Å². The molecule has 0 aromatic carbocycles. The molecule has 0 amide bonds. The van der Waals surface area contributed by atoms with E-state index in [1.807, 2.05) is 0 Å². The Hall–Kier alpha value is -0.360. The Morgan fingerprint density at radius 3 is 1.62 bits per heavy atom. The van der Waals surface area contributed by atoms with E-state index in [9.17, 15) is 0 Å². The van der Waals surface area contributed by atoms with Crippen LogP contribution in [0, 0.1) is 10.8 Å². The SMILES string of the molecule is N=C1OSSOC1=N. The van der Waals surface area contributed by atoms with Gasteiger partial charge < -0.3 is 8.37 Å². The van der Waals surface area contributed by atoms with Crippen molar-refractivity contribution in [3.63, 3.8) is 0 Å². The van der Waals surface area contributed by atoms with E-state index in [-0.39, 0.29) is 11.8 Å². The maximum Gasteiger partial charge on any atom is 0.285 e. The standard InChI is InChI=1S/C2H2N2O2S2/c3-1-2(4)6-8-7-5-1/h3-4H. The van der Waals surface area contributed by atoms with Crippen molar-refractivity contribution in [2.24, 2.45) is 0 Å². The topological polar surface area (TPSA) is 66.2 Å². The van der Waals surface area contributed by atoms with Crippen LogP contribution in [0.25, 0.3) is 0 Å². The molecule has 0 atom stereocenters. The van der Waals surface area contributed by atoms with Crippen molar-refractivity contribution in [3.05, 3.63) is 0 Å². The van der Waals surface area contributed by atoms with Crippen molar-refractivity contribution in [1.29, 1.82) is 10.8 Å². The summed E-state index contributed by atoms with van der Waals surface area (Å²) in [6, 6.07) is 0. The van der Waals surface area contributed by atoms with Crippen molar-refractivity contribution in [2.45, 2.75) is 0 Å². The van der Waals surface area contributed by atoms with Gasteiger partial charge in [0.1, 0.15) is 0 Å². The molecule has 4 nitrogen and oxygen atoms in total. The van der Waals surface area contributed by atoms with Crippen LogP contribution in [0.5, 0.6) is 0 Å². The third-order valence-electron chi connectivity index (χ3n) is 0.469. The Labute approximate surface area is 53.8 Å². The van der Waals surface area contributed by atoms with E-state index in [0.29, 0.717) is 0 Å². The van der Waals surface area contributed by atoms with E-state index in [1.54, 1.807) is 0 Å². The molecule has 1 rings (SSSR count). The summed E-state index contributed by atoms with van der Waals surface area (Å²) in [5, 5.41) is 13.6. The summed E-state index contributed by atoms with van der Waals surface area (Å²) in [6.07, 6.45) is 0. The van der Waals surface area contributed by atoms with Gasteiger partial charge in [-0.1, -0.05) is 0 Å². The highest BCUT2D eigenvalue weighted by Gasteiger charge is 2.16. The molecule has 0 aromatic rings. The maximum absolute atomic E-state index is 6.79. The fourth-order valence-electron chi connectivity index (χ4n) is 0.172. The lowest BCUT2D eigenvalue weighted by molar-refractivity contribution is 0.585. The van der Waals surface area contributed by atoms with E-state index < -0.39 is 0 Å². The number of hydrogen-bond donors (Lipinski definition) is 2. The first-order chi connectivity index (χ1) is 3.80. The van der Waals surface area contributed by atoms with Gasteiger partial charge in [-0.25, -0.2) is 0 Å². The molecule has 0 aromatic heterocycles. The minimum absolute atomic E-state index is 0.228. The van der Waals surface area contributed by atoms with Gasteiger partial charge in [-0.2, -0.15) is 0 Å². The minimum atomic E-state index is -0.228. The van der Waals surface area contributed by atoms with Crippen LogP contribution in [0.2, 0.25) is 0 Å². The zero-order valence-corrected chi connectivity index (χ0v) is 5.27. The second-order valence-electron chi connectivity index (χ2n) is 0.961. The molecule has 44 valence electrons. The smallest absolute Gasteiger partial charge is 0.285 e. The zero-order chi connectivity index (χ0) is 5.98. The van der Waals surface area contributed by atoms with Crippen molar-refractivity contribution in [1.82, 2.24) is 0 Å². The predicted octanol–water partition coefficient (Wildman–Crippen LogP) is 1.20. The van der Waals surface area contributed by atoms with Gasteiger partial charge in [0.2, 0.25) is 0 Å². The minimum Gasteiger partial charge on any atom is -0.386 e. The molecule has 0 radical (unpaired) electrons. The highest BCUT2D eigenvalue weighted by molar-refractivity contribution is 8.73. The Balaban J connectivity index is 2.52. The van der Waals surface area contributed by atoms with Crippen LogP contribution in [-0.2, 0) is 8.37 Å². The van der Waals surface area contributed by atoms with Crippen LogP contribution in [-0.4, -0.2) is 11.8 Å². The van der Waals surface area contributed by atoms with Gasteiger partial charge in [-0.3, -0.25) is 10.8 Å². The molecule has 1 aliphatic heterocycles. The lowest BCUT2D eigenvalue weighted by atomic mass is 10.7. The van der Waals surface area contributed by atoms with Gasteiger partial charge in [0.05, 0.1) is 0 Å². The largest absolute Gasteiger partial charge is 0.386 e. The van der Waals surface area contributed by atoms with Gasteiger partial charge in [-0.15, -0.1) is 0 Å². The Bertz CT molecular complexity index is 120. The van der Waals surface area contributed by atoms with Crippen molar-refractivity contribution < 1.29 is 8.37 Å². The normalized spacial score (nSPS) is 19.5. The van der Waals surface area contributed by atoms with Crippen molar-refractivity contribution in [3.8, 4) is 0 Å². The molecule has 0 bridgehead atoms. The van der Waals surface area contributed by atoms with Crippen molar-refractivity contribution in [2.75, 3.05) is 0 Å². The summed E-state index contributed by atoms with van der Waals surface area (Å²) in [4.78, 5) is 0. The van der Waals surface area contributed by atoms with Gasteiger partial charge in [0.25, 0.3) is 11.8 Å². The van der Waals surface area contributed by atoms with E-state index in [2.05, 4.69) is 8.37 Å². The summed E-state index contributed by atoms with van der Waals surface area (Å²) < 4.78 is 9.01. The molecule has 0 unspecified atom stereocenters. The quantitative estimate of drug-likeness (QED) is 0.402. The first kappa shape index (κ1) is 5.77. The molecule has 1 heterocycles. The molecule has 0 saturated carbocycles. The lowest BCUT2D eigenvalue weighted by Gasteiger charge is -2.09. The van der Waals surface area contributed by atoms with Gasteiger partial charge in [0.15, 0.2) is 22.1 Å². The van der Waals surface area contributed by atoms with Crippen LogP contribution in [0.15, 0.2) is 0 Å². The molecule has 8 heavy (non-hydrogen) atoms. The highest BCUT2D eigenvalue weighted by atomic mass is 33.1. The fraction of sp³-hybridized carbons (Fsp3) is 0. The third kappa shape index (κ3) is 1.07. The van der Waals surface area contributed by atoms with Gasteiger partial charge in [-0.05, 0) is 0 Å². The molecule has 1 fully saturated rings. The first-order valence-electron chi connectivity index (χ1n) is 1.66. The maximum atomic E-state index is 6.79. The molecule has 1 saturated heterocycles. The van der Waals surface area contributed by atoms with Crippen LogP contribution in [0.3, 0.4) is 0 Å². The Morgan fingerprint density at radius 2 is 1.38 bits per heavy atom. The van der Waals surface area contributed by atoms with E-state index >= 15 is 0 Å². The molecule has 0 spiro atoms. The van der Waals surface area contributed by atoms with E-state index in [1.165, 1.54) is 0 Å².